The third-order valence-electron chi connectivity index (χ3n) is 3.40. The molecule has 1 aromatic heterocycles. The van der Waals surface area contributed by atoms with E-state index < -0.39 is 0 Å². The molecule has 1 atom stereocenters. The summed E-state index contributed by atoms with van der Waals surface area (Å²) in [6.07, 6.45) is 3.16. The van der Waals surface area contributed by atoms with Crippen molar-refractivity contribution in [1.29, 1.82) is 0 Å². The highest BCUT2D eigenvalue weighted by molar-refractivity contribution is 7.15. The van der Waals surface area contributed by atoms with Crippen LogP contribution in [-0.4, -0.2) is 4.98 Å². The maximum absolute atomic E-state index is 13.3. The van der Waals surface area contributed by atoms with Gasteiger partial charge in [0.2, 0.25) is 0 Å². The summed E-state index contributed by atoms with van der Waals surface area (Å²) in [6.45, 7) is 1.78. The average Bonchev–Trinajstić information content (AvgIpc) is 2.78. The molecular formula is C14H15FN2S. The second kappa shape index (κ2) is 4.44. The van der Waals surface area contributed by atoms with Crippen LogP contribution < -0.4 is 5.73 Å². The predicted molar refractivity (Wildman–Crippen MR) is 72.1 cm³/mol. The van der Waals surface area contributed by atoms with Crippen LogP contribution in [0.15, 0.2) is 18.2 Å². The zero-order chi connectivity index (χ0) is 12.7. The number of fused-ring (bicyclic) bond motifs is 1. The van der Waals surface area contributed by atoms with Crippen molar-refractivity contribution in [2.24, 2.45) is 5.73 Å². The number of rotatable bonds is 1. The van der Waals surface area contributed by atoms with Crippen LogP contribution in [0.4, 0.5) is 4.39 Å². The highest BCUT2D eigenvalue weighted by Gasteiger charge is 2.22. The highest BCUT2D eigenvalue weighted by Crippen LogP contribution is 2.36. The van der Waals surface area contributed by atoms with Crippen molar-refractivity contribution in [2.45, 2.75) is 32.2 Å². The van der Waals surface area contributed by atoms with Gasteiger partial charge in [-0.25, -0.2) is 9.37 Å². The van der Waals surface area contributed by atoms with E-state index in [1.165, 1.54) is 10.9 Å². The smallest absolute Gasteiger partial charge is 0.126 e. The van der Waals surface area contributed by atoms with Crippen molar-refractivity contribution < 1.29 is 4.39 Å². The molecule has 2 aromatic rings. The molecule has 0 amide bonds. The zero-order valence-corrected chi connectivity index (χ0v) is 11.1. The van der Waals surface area contributed by atoms with Crippen LogP contribution in [0.5, 0.6) is 0 Å². The van der Waals surface area contributed by atoms with Crippen LogP contribution in [0, 0.1) is 12.7 Å². The first-order chi connectivity index (χ1) is 8.65. The van der Waals surface area contributed by atoms with E-state index in [1.807, 2.05) is 6.07 Å². The first kappa shape index (κ1) is 11.8. The highest BCUT2D eigenvalue weighted by atomic mass is 32.1. The fraction of sp³-hybridized carbons (Fsp3) is 0.357. The molecule has 3 rings (SSSR count). The van der Waals surface area contributed by atoms with Gasteiger partial charge in [-0.2, -0.15) is 0 Å². The van der Waals surface area contributed by atoms with Crippen molar-refractivity contribution in [3.05, 3.63) is 40.2 Å². The van der Waals surface area contributed by atoms with E-state index in [1.54, 1.807) is 24.3 Å². The summed E-state index contributed by atoms with van der Waals surface area (Å²) in [7, 11) is 0. The molecule has 0 bridgehead atoms. The minimum absolute atomic E-state index is 0.126. The molecule has 0 saturated heterocycles. The van der Waals surface area contributed by atoms with E-state index in [0.717, 1.165) is 35.5 Å². The maximum Gasteiger partial charge on any atom is 0.126 e. The first-order valence-corrected chi connectivity index (χ1v) is 6.98. The van der Waals surface area contributed by atoms with Crippen LogP contribution >= 0.6 is 11.3 Å². The molecule has 1 aliphatic carbocycles. The van der Waals surface area contributed by atoms with Crippen molar-refractivity contribution in [3.63, 3.8) is 0 Å². The molecule has 0 radical (unpaired) electrons. The molecule has 1 heterocycles. The molecule has 4 heteroatoms. The third-order valence-corrected chi connectivity index (χ3v) is 4.68. The summed E-state index contributed by atoms with van der Waals surface area (Å²) in [4.78, 5) is 5.86. The lowest BCUT2D eigenvalue weighted by atomic mass is 9.99. The summed E-state index contributed by atoms with van der Waals surface area (Å²) < 4.78 is 13.3. The Labute approximate surface area is 110 Å². The van der Waals surface area contributed by atoms with E-state index in [9.17, 15) is 4.39 Å². The van der Waals surface area contributed by atoms with E-state index in [2.05, 4.69) is 4.98 Å². The lowest BCUT2D eigenvalue weighted by molar-refractivity contribution is 0.573. The van der Waals surface area contributed by atoms with Gasteiger partial charge in [0.15, 0.2) is 0 Å². The Morgan fingerprint density at radius 1 is 1.44 bits per heavy atom. The van der Waals surface area contributed by atoms with Gasteiger partial charge in [0.25, 0.3) is 0 Å². The van der Waals surface area contributed by atoms with Gasteiger partial charge < -0.3 is 5.73 Å². The molecule has 94 valence electrons. The quantitative estimate of drug-likeness (QED) is 0.853. The Morgan fingerprint density at radius 2 is 2.28 bits per heavy atom. The Balaban J connectivity index is 2.04. The van der Waals surface area contributed by atoms with Crippen LogP contribution in [-0.2, 0) is 6.42 Å². The van der Waals surface area contributed by atoms with Gasteiger partial charge in [0, 0.05) is 16.5 Å². The Bertz CT molecular complexity index is 591. The molecule has 0 aliphatic heterocycles. The zero-order valence-electron chi connectivity index (χ0n) is 10.2. The van der Waals surface area contributed by atoms with Gasteiger partial charge in [-0.05, 0) is 49.9 Å². The van der Waals surface area contributed by atoms with E-state index in [4.69, 9.17) is 5.73 Å². The molecule has 2 nitrogen and oxygen atoms in total. The lowest BCUT2D eigenvalue weighted by Gasteiger charge is -2.15. The van der Waals surface area contributed by atoms with Gasteiger partial charge in [-0.15, -0.1) is 11.3 Å². The van der Waals surface area contributed by atoms with E-state index in [0.29, 0.717) is 5.56 Å². The van der Waals surface area contributed by atoms with Crippen molar-refractivity contribution >= 4 is 11.3 Å². The third kappa shape index (κ3) is 1.95. The van der Waals surface area contributed by atoms with Crippen molar-refractivity contribution in [2.75, 3.05) is 0 Å². The van der Waals surface area contributed by atoms with Gasteiger partial charge in [-0.3, -0.25) is 0 Å². The fourth-order valence-electron chi connectivity index (χ4n) is 2.35. The van der Waals surface area contributed by atoms with Gasteiger partial charge in [-0.1, -0.05) is 0 Å². The second-order valence-corrected chi connectivity index (χ2v) is 5.82. The summed E-state index contributed by atoms with van der Waals surface area (Å²) in [5.41, 5.74) is 8.88. The molecule has 0 fully saturated rings. The van der Waals surface area contributed by atoms with Crippen molar-refractivity contribution in [3.8, 4) is 10.6 Å². The SMILES string of the molecule is Cc1cc(-c2nc3c(s2)C(N)CCC3)ccc1F. The number of benzene rings is 1. The summed E-state index contributed by atoms with van der Waals surface area (Å²) in [5.74, 6) is -0.170. The van der Waals surface area contributed by atoms with Crippen LogP contribution in [0.2, 0.25) is 0 Å². The van der Waals surface area contributed by atoms with Crippen molar-refractivity contribution in [1.82, 2.24) is 4.98 Å². The minimum atomic E-state index is -0.170. The van der Waals surface area contributed by atoms with E-state index in [-0.39, 0.29) is 11.9 Å². The average molecular weight is 262 g/mol. The lowest BCUT2D eigenvalue weighted by Crippen LogP contribution is -2.15. The number of nitrogens with zero attached hydrogens (tertiary/aromatic N) is 1. The topological polar surface area (TPSA) is 38.9 Å². The standard InChI is InChI=1S/C14H15FN2S/c1-8-7-9(5-6-10(8)15)14-17-12-4-2-3-11(16)13(12)18-14/h5-7,11H,2-4,16H2,1H3. The molecule has 18 heavy (non-hydrogen) atoms. The Morgan fingerprint density at radius 3 is 3.00 bits per heavy atom. The molecule has 0 saturated carbocycles. The summed E-state index contributed by atoms with van der Waals surface area (Å²) in [6, 6.07) is 5.27. The largest absolute Gasteiger partial charge is 0.323 e. The number of nitrogens with two attached hydrogens (primary N) is 1. The molecule has 1 aliphatic rings. The van der Waals surface area contributed by atoms with E-state index >= 15 is 0 Å². The molecule has 0 spiro atoms. The molecule has 1 unspecified atom stereocenters. The number of thiazole rings is 1. The monoisotopic (exact) mass is 262 g/mol. The number of aromatic nitrogens is 1. The maximum atomic E-state index is 13.3. The number of hydrogen-bond donors (Lipinski definition) is 1. The van der Waals surface area contributed by atoms with Gasteiger partial charge in [0.05, 0.1) is 5.69 Å². The minimum Gasteiger partial charge on any atom is -0.323 e. The van der Waals surface area contributed by atoms with Crippen LogP contribution in [0.1, 0.15) is 35.0 Å². The predicted octanol–water partition coefficient (Wildman–Crippen LogP) is 3.59. The molecule has 2 N–H and O–H groups in total. The number of halogens is 1. The Kier molecular flexibility index (Phi) is 2.92. The molecular weight excluding hydrogens is 247 g/mol. The van der Waals surface area contributed by atoms with Crippen LogP contribution in [0.25, 0.3) is 10.6 Å². The second-order valence-electron chi connectivity index (χ2n) is 4.79. The summed E-state index contributed by atoms with van der Waals surface area (Å²) in [5, 5.41) is 0.959. The molecule has 1 aromatic carbocycles. The fourth-order valence-corrected chi connectivity index (χ4v) is 3.50. The summed E-state index contributed by atoms with van der Waals surface area (Å²) >= 11 is 1.65. The first-order valence-electron chi connectivity index (χ1n) is 6.17. The van der Waals surface area contributed by atoms with Gasteiger partial charge >= 0.3 is 0 Å². The van der Waals surface area contributed by atoms with Gasteiger partial charge in [0.1, 0.15) is 10.8 Å². The number of hydrogen-bond acceptors (Lipinski definition) is 3. The number of aryl methyl sites for hydroxylation is 2. The van der Waals surface area contributed by atoms with Crippen LogP contribution in [0.3, 0.4) is 0 Å². The Hall–Kier alpha value is -1.26. The normalized spacial score (nSPS) is 18.7.